The molecule has 106 valence electrons. The summed E-state index contributed by atoms with van der Waals surface area (Å²) in [6.45, 7) is 7.47. The van der Waals surface area contributed by atoms with Crippen molar-refractivity contribution < 1.29 is 14.6 Å². The molecule has 0 aliphatic carbocycles. The van der Waals surface area contributed by atoms with Crippen LogP contribution in [0.15, 0.2) is 0 Å². The molecule has 2 unspecified atom stereocenters. The Morgan fingerprint density at radius 1 is 1.21 bits per heavy atom. The van der Waals surface area contributed by atoms with Crippen LogP contribution in [0.1, 0.15) is 36.6 Å². The van der Waals surface area contributed by atoms with Gasteiger partial charge in [0.25, 0.3) is 0 Å². The molecule has 0 bridgehead atoms. The highest BCUT2D eigenvalue weighted by molar-refractivity contribution is 5.70. The van der Waals surface area contributed by atoms with Gasteiger partial charge in [0.15, 0.2) is 0 Å². The molecule has 1 aromatic rings. The average molecular weight is 266 g/mol. The topological polar surface area (TPSA) is 72.3 Å². The van der Waals surface area contributed by atoms with Crippen molar-refractivity contribution in [2.45, 2.75) is 46.6 Å². The van der Waals surface area contributed by atoms with Crippen molar-refractivity contribution in [1.82, 2.24) is 9.97 Å². The van der Waals surface area contributed by atoms with Crippen molar-refractivity contribution in [2.75, 3.05) is 7.11 Å². The molecule has 1 heterocycles. The number of hydrogen-bond donors (Lipinski definition) is 1. The summed E-state index contributed by atoms with van der Waals surface area (Å²) in [6.07, 6.45) is 1.20. The van der Waals surface area contributed by atoms with E-state index < -0.39 is 11.9 Å². The predicted octanol–water partition coefficient (Wildman–Crippen LogP) is 1.93. The van der Waals surface area contributed by atoms with E-state index in [-0.39, 0.29) is 6.10 Å². The number of aryl methyl sites for hydroxylation is 2. The van der Waals surface area contributed by atoms with E-state index in [1.807, 2.05) is 20.8 Å². The summed E-state index contributed by atoms with van der Waals surface area (Å²) >= 11 is 0. The molecule has 5 nitrogen and oxygen atoms in total. The van der Waals surface area contributed by atoms with Gasteiger partial charge in [-0.25, -0.2) is 9.97 Å². The van der Waals surface area contributed by atoms with Gasteiger partial charge in [-0.3, -0.25) is 4.79 Å². The fourth-order valence-corrected chi connectivity index (χ4v) is 1.93. The Morgan fingerprint density at radius 3 is 2.16 bits per heavy atom. The highest BCUT2D eigenvalue weighted by Gasteiger charge is 2.17. The molecule has 2 atom stereocenters. The van der Waals surface area contributed by atoms with Crippen molar-refractivity contribution in [3.05, 3.63) is 22.8 Å². The molecule has 0 saturated carbocycles. The third-order valence-corrected chi connectivity index (χ3v) is 3.27. The molecule has 0 aliphatic heterocycles. The number of nitrogens with zero attached hydrogens (tertiary/aromatic N) is 2. The maximum Gasteiger partial charge on any atom is 0.306 e. The minimum Gasteiger partial charge on any atom is -0.481 e. The number of hydrogen-bond acceptors (Lipinski definition) is 4. The fourth-order valence-electron chi connectivity index (χ4n) is 1.93. The van der Waals surface area contributed by atoms with E-state index in [9.17, 15) is 4.79 Å². The second kappa shape index (κ2) is 6.61. The molecule has 5 heteroatoms. The molecule has 0 aromatic carbocycles. The van der Waals surface area contributed by atoms with Crippen LogP contribution in [0.25, 0.3) is 0 Å². The van der Waals surface area contributed by atoms with Crippen LogP contribution in [0.4, 0.5) is 0 Å². The van der Waals surface area contributed by atoms with Gasteiger partial charge in [-0.2, -0.15) is 0 Å². The monoisotopic (exact) mass is 266 g/mol. The smallest absolute Gasteiger partial charge is 0.306 e. The lowest BCUT2D eigenvalue weighted by Crippen LogP contribution is -2.17. The first-order valence-electron chi connectivity index (χ1n) is 6.43. The molecule has 0 fully saturated rings. The van der Waals surface area contributed by atoms with E-state index in [4.69, 9.17) is 9.84 Å². The standard InChI is InChI=1S/C14H22N2O3/c1-8(14(17)18)6-12-10(3)15-13(16-11(12)4)7-9(2)19-5/h8-9H,6-7H2,1-5H3,(H,17,18). The number of carboxylic acids is 1. The Bertz CT molecular complexity index is 437. The summed E-state index contributed by atoms with van der Waals surface area (Å²) in [5.41, 5.74) is 2.65. The van der Waals surface area contributed by atoms with Gasteiger partial charge in [0.1, 0.15) is 5.82 Å². The molecule has 1 rings (SSSR count). The summed E-state index contributed by atoms with van der Waals surface area (Å²) in [6, 6.07) is 0. The molecular formula is C14H22N2O3. The summed E-state index contributed by atoms with van der Waals surface area (Å²) in [5, 5.41) is 8.97. The zero-order valence-electron chi connectivity index (χ0n) is 12.2. The van der Waals surface area contributed by atoms with Crippen molar-refractivity contribution in [1.29, 1.82) is 0 Å². The first kappa shape index (κ1) is 15.6. The molecule has 0 amide bonds. The van der Waals surface area contributed by atoms with Crippen LogP contribution in [-0.4, -0.2) is 34.3 Å². The molecule has 0 spiro atoms. The minimum atomic E-state index is -0.795. The Hall–Kier alpha value is -1.49. The number of aliphatic carboxylic acids is 1. The molecule has 0 saturated heterocycles. The maximum absolute atomic E-state index is 10.9. The van der Waals surface area contributed by atoms with E-state index in [1.165, 1.54) is 0 Å². The number of aromatic nitrogens is 2. The molecule has 19 heavy (non-hydrogen) atoms. The van der Waals surface area contributed by atoms with Gasteiger partial charge in [0.2, 0.25) is 0 Å². The molecule has 0 aliphatic rings. The van der Waals surface area contributed by atoms with Gasteiger partial charge >= 0.3 is 5.97 Å². The fraction of sp³-hybridized carbons (Fsp3) is 0.643. The normalized spacial score (nSPS) is 14.2. The highest BCUT2D eigenvalue weighted by Crippen LogP contribution is 2.16. The Balaban J connectivity index is 2.94. The average Bonchev–Trinajstić information content (AvgIpc) is 2.33. The van der Waals surface area contributed by atoms with Crippen molar-refractivity contribution >= 4 is 5.97 Å². The first-order chi connectivity index (χ1) is 8.85. The zero-order valence-corrected chi connectivity index (χ0v) is 12.2. The minimum absolute atomic E-state index is 0.0718. The second-order valence-corrected chi connectivity index (χ2v) is 4.98. The van der Waals surface area contributed by atoms with Crippen LogP contribution in [0.5, 0.6) is 0 Å². The van der Waals surface area contributed by atoms with Crippen LogP contribution < -0.4 is 0 Å². The highest BCUT2D eigenvalue weighted by atomic mass is 16.5. The van der Waals surface area contributed by atoms with Crippen molar-refractivity contribution in [3.63, 3.8) is 0 Å². The van der Waals surface area contributed by atoms with Crippen LogP contribution in [0.3, 0.4) is 0 Å². The van der Waals surface area contributed by atoms with E-state index in [0.29, 0.717) is 12.8 Å². The number of carboxylic acid groups (broad SMARTS) is 1. The van der Waals surface area contributed by atoms with Crippen molar-refractivity contribution in [2.24, 2.45) is 5.92 Å². The lowest BCUT2D eigenvalue weighted by Gasteiger charge is -2.14. The van der Waals surface area contributed by atoms with E-state index in [0.717, 1.165) is 22.8 Å². The lowest BCUT2D eigenvalue weighted by molar-refractivity contribution is -0.141. The van der Waals surface area contributed by atoms with Gasteiger partial charge in [-0.1, -0.05) is 6.92 Å². The molecule has 1 aromatic heterocycles. The van der Waals surface area contributed by atoms with Gasteiger partial charge in [0.05, 0.1) is 12.0 Å². The van der Waals surface area contributed by atoms with E-state index in [2.05, 4.69) is 9.97 Å². The number of methoxy groups -OCH3 is 1. The van der Waals surface area contributed by atoms with Gasteiger partial charge in [-0.15, -0.1) is 0 Å². The quantitative estimate of drug-likeness (QED) is 0.851. The maximum atomic E-state index is 10.9. The van der Waals surface area contributed by atoms with Crippen LogP contribution >= 0.6 is 0 Å². The Kier molecular flexibility index (Phi) is 5.42. The van der Waals surface area contributed by atoms with Crippen LogP contribution in [0, 0.1) is 19.8 Å². The third-order valence-electron chi connectivity index (χ3n) is 3.27. The van der Waals surface area contributed by atoms with Crippen molar-refractivity contribution in [3.8, 4) is 0 Å². The number of rotatable bonds is 6. The summed E-state index contributed by atoms with van der Waals surface area (Å²) in [4.78, 5) is 19.8. The van der Waals surface area contributed by atoms with E-state index >= 15 is 0 Å². The lowest BCUT2D eigenvalue weighted by atomic mass is 9.99. The predicted molar refractivity (Wildman–Crippen MR) is 72.2 cm³/mol. The van der Waals surface area contributed by atoms with Gasteiger partial charge in [0, 0.05) is 24.9 Å². The van der Waals surface area contributed by atoms with E-state index in [1.54, 1.807) is 14.0 Å². The summed E-state index contributed by atoms with van der Waals surface area (Å²) < 4.78 is 5.20. The third kappa shape index (κ3) is 4.28. The Labute approximate surface area is 114 Å². The number of ether oxygens (including phenoxy) is 1. The zero-order chi connectivity index (χ0) is 14.6. The summed E-state index contributed by atoms with van der Waals surface area (Å²) in [7, 11) is 1.66. The summed E-state index contributed by atoms with van der Waals surface area (Å²) in [5.74, 6) is -0.475. The number of carbonyl (C=O) groups is 1. The second-order valence-electron chi connectivity index (χ2n) is 4.98. The molecular weight excluding hydrogens is 244 g/mol. The molecule has 0 radical (unpaired) electrons. The Morgan fingerprint density at radius 2 is 1.74 bits per heavy atom. The largest absolute Gasteiger partial charge is 0.481 e. The van der Waals surface area contributed by atoms with Gasteiger partial charge < -0.3 is 9.84 Å². The SMILES string of the molecule is COC(C)Cc1nc(C)c(CC(C)C(=O)O)c(C)n1. The van der Waals surface area contributed by atoms with Gasteiger partial charge in [-0.05, 0) is 32.8 Å². The van der Waals surface area contributed by atoms with Crippen LogP contribution in [-0.2, 0) is 22.4 Å². The van der Waals surface area contributed by atoms with Crippen LogP contribution in [0.2, 0.25) is 0 Å². The first-order valence-corrected chi connectivity index (χ1v) is 6.43. The molecule has 1 N–H and O–H groups in total.